The summed E-state index contributed by atoms with van der Waals surface area (Å²) < 4.78 is 5.04. The van der Waals surface area contributed by atoms with Crippen molar-refractivity contribution >= 4 is 23.6 Å². The molecular weight excluding hydrogens is 350 g/mol. The van der Waals surface area contributed by atoms with E-state index in [0.717, 1.165) is 30.5 Å². The van der Waals surface area contributed by atoms with Crippen LogP contribution in [0.2, 0.25) is 0 Å². The predicted molar refractivity (Wildman–Crippen MR) is 106 cm³/mol. The summed E-state index contributed by atoms with van der Waals surface area (Å²) in [5, 5.41) is 6.17. The second kappa shape index (κ2) is 10.2. The minimum Gasteiger partial charge on any atom is -0.462 e. The highest BCUT2D eigenvalue weighted by Crippen LogP contribution is 2.26. The first-order chi connectivity index (χ1) is 12.4. The largest absolute Gasteiger partial charge is 0.462 e. The van der Waals surface area contributed by atoms with E-state index in [1.54, 1.807) is 6.92 Å². The van der Waals surface area contributed by atoms with Gasteiger partial charge in [0.2, 0.25) is 5.91 Å². The van der Waals surface area contributed by atoms with E-state index in [9.17, 15) is 9.59 Å². The summed E-state index contributed by atoms with van der Waals surface area (Å²) in [7, 11) is 0. The van der Waals surface area contributed by atoms with Crippen molar-refractivity contribution in [1.82, 2.24) is 15.5 Å². The molecule has 2 heterocycles. The van der Waals surface area contributed by atoms with E-state index >= 15 is 0 Å². The molecule has 26 heavy (non-hydrogen) atoms. The van der Waals surface area contributed by atoms with Crippen LogP contribution in [0.5, 0.6) is 0 Å². The highest BCUT2D eigenvalue weighted by atomic mass is 32.2. The van der Waals surface area contributed by atoms with Crippen LogP contribution in [-0.4, -0.2) is 61.4 Å². The minimum absolute atomic E-state index is 0.000129. The van der Waals surface area contributed by atoms with E-state index in [-0.39, 0.29) is 17.9 Å². The lowest BCUT2D eigenvalue weighted by atomic mass is 9.92. The minimum atomic E-state index is -0.314. The molecule has 148 valence electrons. The van der Waals surface area contributed by atoms with Gasteiger partial charge < -0.3 is 20.3 Å². The van der Waals surface area contributed by atoms with Crippen molar-refractivity contribution in [2.45, 2.75) is 46.6 Å². The third-order valence-electron chi connectivity index (χ3n) is 4.80. The van der Waals surface area contributed by atoms with Gasteiger partial charge in [-0.15, -0.1) is 11.8 Å². The molecule has 1 fully saturated rings. The van der Waals surface area contributed by atoms with Crippen molar-refractivity contribution in [2.24, 2.45) is 11.8 Å². The first-order valence-corrected chi connectivity index (χ1v) is 10.7. The van der Waals surface area contributed by atoms with Gasteiger partial charge in [-0.2, -0.15) is 0 Å². The summed E-state index contributed by atoms with van der Waals surface area (Å²) in [5.74, 6) is 1.75. The Kier molecular flexibility index (Phi) is 8.28. The van der Waals surface area contributed by atoms with Gasteiger partial charge in [0.25, 0.3) is 0 Å². The average molecular weight is 384 g/mol. The van der Waals surface area contributed by atoms with Crippen molar-refractivity contribution in [3.05, 3.63) is 10.6 Å². The van der Waals surface area contributed by atoms with Gasteiger partial charge in [0, 0.05) is 31.1 Å². The van der Waals surface area contributed by atoms with Crippen LogP contribution in [0.1, 0.15) is 40.5 Å². The number of likely N-dealkylation sites (tertiary alicyclic amines) is 1. The fraction of sp³-hybridized carbons (Fsp3) is 0.789. The zero-order valence-corrected chi connectivity index (χ0v) is 17.3. The van der Waals surface area contributed by atoms with Crippen molar-refractivity contribution in [2.75, 3.05) is 38.5 Å². The Labute approximate surface area is 161 Å². The molecule has 2 aliphatic heterocycles. The normalized spacial score (nSPS) is 27.0. The van der Waals surface area contributed by atoms with E-state index < -0.39 is 0 Å². The zero-order chi connectivity index (χ0) is 19.1. The van der Waals surface area contributed by atoms with Crippen LogP contribution in [0.15, 0.2) is 10.6 Å². The third-order valence-corrected chi connectivity index (χ3v) is 6.06. The number of carbonyl (C=O) groups is 2. The van der Waals surface area contributed by atoms with Crippen LogP contribution < -0.4 is 10.6 Å². The highest BCUT2D eigenvalue weighted by Gasteiger charge is 2.28. The van der Waals surface area contributed by atoms with Crippen molar-refractivity contribution < 1.29 is 14.3 Å². The fourth-order valence-electron chi connectivity index (χ4n) is 3.81. The Morgan fingerprint density at radius 1 is 1.31 bits per heavy atom. The zero-order valence-electron chi connectivity index (χ0n) is 16.5. The molecule has 7 heteroatoms. The van der Waals surface area contributed by atoms with Gasteiger partial charge in [-0.25, -0.2) is 4.79 Å². The number of thioether (sulfide) groups is 1. The second-order valence-corrected chi connectivity index (χ2v) is 8.56. The number of rotatable bonds is 7. The predicted octanol–water partition coefficient (Wildman–Crippen LogP) is 1.97. The van der Waals surface area contributed by atoms with Crippen LogP contribution in [0.25, 0.3) is 0 Å². The maximum atomic E-state index is 12.4. The van der Waals surface area contributed by atoms with Crippen LogP contribution in [0.3, 0.4) is 0 Å². The highest BCUT2D eigenvalue weighted by molar-refractivity contribution is 8.04. The number of nitrogens with zero attached hydrogens (tertiary/aromatic N) is 1. The number of hydrogen-bond donors (Lipinski definition) is 2. The molecule has 2 aliphatic rings. The van der Waals surface area contributed by atoms with Crippen LogP contribution >= 0.6 is 11.8 Å². The van der Waals surface area contributed by atoms with E-state index in [1.165, 1.54) is 31.3 Å². The maximum Gasteiger partial charge on any atom is 0.346 e. The number of carbonyl (C=O) groups excluding carboxylic acids is 2. The lowest BCUT2D eigenvalue weighted by Crippen LogP contribution is -2.48. The summed E-state index contributed by atoms with van der Waals surface area (Å²) in [5.41, 5.74) is 0.719. The molecule has 0 saturated carbocycles. The van der Waals surface area contributed by atoms with Gasteiger partial charge >= 0.3 is 5.97 Å². The molecule has 0 aliphatic carbocycles. The number of amides is 1. The van der Waals surface area contributed by atoms with Crippen molar-refractivity contribution in [1.29, 1.82) is 0 Å². The average Bonchev–Trinajstić information content (AvgIpc) is 2.57. The van der Waals surface area contributed by atoms with E-state index in [0.29, 0.717) is 23.8 Å². The first kappa shape index (κ1) is 21.1. The van der Waals surface area contributed by atoms with Crippen LogP contribution in [-0.2, 0) is 14.3 Å². The Bertz CT molecular complexity index is 528. The Balaban J connectivity index is 1.70. The standard InChI is InChI=1S/C19H33N3O3S/c1-5-25-19(24)17-15(4)21-16(12-26-17)18(23)20-7-6-8-22-10-13(2)9-14(3)11-22/h13-14,16,21H,5-12H2,1-4H3,(H,20,23)/t13-,14-,16-/m0/s1. The summed E-state index contributed by atoms with van der Waals surface area (Å²) in [6.07, 6.45) is 2.28. The number of esters is 1. The number of ether oxygens (including phenoxy) is 1. The SMILES string of the molecule is CCOC(=O)C1=C(C)N[C@H](C(=O)NCCCN2C[C@@H](C)C[C@H](C)C2)CS1. The molecule has 0 aromatic heterocycles. The Morgan fingerprint density at radius 3 is 2.62 bits per heavy atom. The van der Waals surface area contributed by atoms with Crippen LogP contribution in [0.4, 0.5) is 0 Å². The van der Waals surface area contributed by atoms with Crippen molar-refractivity contribution in [3.63, 3.8) is 0 Å². The molecule has 0 unspecified atom stereocenters. The monoisotopic (exact) mass is 383 g/mol. The Morgan fingerprint density at radius 2 is 2.00 bits per heavy atom. The molecule has 2 rings (SSSR count). The maximum absolute atomic E-state index is 12.4. The van der Waals surface area contributed by atoms with Crippen LogP contribution in [0, 0.1) is 11.8 Å². The number of nitrogens with one attached hydrogen (secondary N) is 2. The molecule has 0 radical (unpaired) electrons. The molecule has 0 spiro atoms. The fourth-order valence-corrected chi connectivity index (χ4v) is 4.83. The van der Waals surface area contributed by atoms with Gasteiger partial charge in [0.05, 0.1) is 6.61 Å². The first-order valence-electron chi connectivity index (χ1n) is 9.68. The lowest BCUT2D eigenvalue weighted by molar-refractivity contribution is -0.137. The molecule has 0 aromatic carbocycles. The van der Waals surface area contributed by atoms with Gasteiger partial charge in [-0.05, 0) is 45.1 Å². The number of hydrogen-bond acceptors (Lipinski definition) is 6. The molecular formula is C19H33N3O3S. The molecule has 3 atom stereocenters. The molecule has 2 N–H and O–H groups in total. The van der Waals surface area contributed by atoms with E-state index in [2.05, 4.69) is 29.4 Å². The van der Waals surface area contributed by atoms with Gasteiger partial charge in [0.1, 0.15) is 10.9 Å². The molecule has 0 bridgehead atoms. The van der Waals surface area contributed by atoms with E-state index in [4.69, 9.17) is 4.74 Å². The summed E-state index contributed by atoms with van der Waals surface area (Å²) >= 11 is 1.39. The molecule has 0 aromatic rings. The van der Waals surface area contributed by atoms with Gasteiger partial charge in [0.15, 0.2) is 0 Å². The summed E-state index contributed by atoms with van der Waals surface area (Å²) in [4.78, 5) is 27.3. The summed E-state index contributed by atoms with van der Waals surface area (Å²) in [6.45, 7) is 12.7. The van der Waals surface area contributed by atoms with Gasteiger partial charge in [-0.3, -0.25) is 4.79 Å². The number of piperidine rings is 1. The molecule has 1 saturated heterocycles. The lowest BCUT2D eigenvalue weighted by Gasteiger charge is -2.35. The molecule has 6 nitrogen and oxygen atoms in total. The third kappa shape index (κ3) is 6.20. The van der Waals surface area contributed by atoms with Gasteiger partial charge in [-0.1, -0.05) is 13.8 Å². The smallest absolute Gasteiger partial charge is 0.346 e. The van der Waals surface area contributed by atoms with Crippen molar-refractivity contribution in [3.8, 4) is 0 Å². The number of allylic oxidation sites excluding steroid dienone is 1. The second-order valence-electron chi connectivity index (χ2n) is 7.53. The van der Waals surface area contributed by atoms with E-state index in [1.807, 2.05) is 6.92 Å². The summed E-state index contributed by atoms with van der Waals surface area (Å²) in [6, 6.07) is -0.298. The quantitative estimate of drug-likeness (QED) is 0.517. The molecule has 1 amide bonds. The topological polar surface area (TPSA) is 70.7 Å². The Hall–Kier alpha value is -1.21.